The molecular formula is C18H21NOS. The summed E-state index contributed by atoms with van der Waals surface area (Å²) in [6.07, 6.45) is 0. The van der Waals surface area contributed by atoms with Gasteiger partial charge in [0.05, 0.1) is 23.4 Å². The molecule has 1 heterocycles. The average Bonchev–Trinajstić information content (AvgIpc) is 2.95. The van der Waals surface area contributed by atoms with Crippen LogP contribution in [0.2, 0.25) is 0 Å². The minimum Gasteiger partial charge on any atom is -0.370 e. The molecule has 1 aromatic heterocycles. The molecule has 0 amide bonds. The molecular weight excluding hydrogens is 278 g/mol. The fraction of sp³-hybridized carbons (Fsp3) is 0.278. The number of aromatic nitrogens is 1. The van der Waals surface area contributed by atoms with Gasteiger partial charge in [-0.25, -0.2) is 4.98 Å². The van der Waals surface area contributed by atoms with Gasteiger partial charge in [0.25, 0.3) is 0 Å². The molecule has 0 atom stereocenters. The van der Waals surface area contributed by atoms with Gasteiger partial charge >= 0.3 is 0 Å². The Morgan fingerprint density at radius 2 is 1.71 bits per heavy atom. The Morgan fingerprint density at radius 1 is 0.952 bits per heavy atom. The summed E-state index contributed by atoms with van der Waals surface area (Å²) in [6, 6.07) is 16.4. The zero-order valence-electron chi connectivity index (χ0n) is 12.8. The molecule has 0 radical (unpaired) electrons. The van der Waals surface area contributed by atoms with Crippen LogP contribution < -0.4 is 0 Å². The van der Waals surface area contributed by atoms with Crippen LogP contribution in [0.1, 0.15) is 30.0 Å². The van der Waals surface area contributed by atoms with E-state index in [2.05, 4.69) is 36.2 Å². The summed E-state index contributed by atoms with van der Waals surface area (Å²) in [7, 11) is 0. The zero-order valence-corrected chi connectivity index (χ0v) is 13.6. The molecule has 21 heavy (non-hydrogen) atoms. The van der Waals surface area contributed by atoms with Crippen molar-refractivity contribution in [1.82, 2.24) is 4.98 Å². The lowest BCUT2D eigenvalue weighted by Gasteiger charge is -2.01. The third-order valence-electron chi connectivity index (χ3n) is 2.99. The molecule has 0 N–H and O–H groups in total. The standard InChI is InChI=1S/C16H15NOS.C2H6/c1-12-6-5-9-14-16(12)19-15(17-14)11-18-10-13-7-3-2-4-8-13;1-2/h2-9H,10-11H2,1H3;1-2H3. The van der Waals surface area contributed by atoms with E-state index >= 15 is 0 Å². The van der Waals surface area contributed by atoms with Crippen LogP contribution in [0.25, 0.3) is 10.2 Å². The second kappa shape index (κ2) is 7.91. The van der Waals surface area contributed by atoms with E-state index in [0.717, 1.165) is 10.5 Å². The van der Waals surface area contributed by atoms with Crippen molar-refractivity contribution in [2.75, 3.05) is 0 Å². The normalized spacial score (nSPS) is 10.2. The van der Waals surface area contributed by atoms with E-state index < -0.39 is 0 Å². The van der Waals surface area contributed by atoms with Crippen LogP contribution in [0.5, 0.6) is 0 Å². The van der Waals surface area contributed by atoms with E-state index in [4.69, 9.17) is 4.74 Å². The number of benzene rings is 2. The van der Waals surface area contributed by atoms with E-state index in [1.807, 2.05) is 38.1 Å². The minimum absolute atomic E-state index is 0.577. The minimum atomic E-state index is 0.577. The predicted molar refractivity (Wildman–Crippen MR) is 90.6 cm³/mol. The number of hydrogen-bond acceptors (Lipinski definition) is 3. The Balaban J connectivity index is 0.000000774. The van der Waals surface area contributed by atoms with Crippen molar-refractivity contribution in [2.45, 2.75) is 34.0 Å². The first kappa shape index (κ1) is 15.7. The topological polar surface area (TPSA) is 22.1 Å². The molecule has 0 saturated heterocycles. The van der Waals surface area contributed by atoms with Gasteiger partial charge in [-0.05, 0) is 24.1 Å². The number of hydrogen-bond donors (Lipinski definition) is 0. The monoisotopic (exact) mass is 299 g/mol. The summed E-state index contributed by atoms with van der Waals surface area (Å²) >= 11 is 1.72. The maximum absolute atomic E-state index is 5.72. The Bertz CT molecular complexity index is 676. The molecule has 3 aromatic rings. The molecule has 2 aromatic carbocycles. The highest BCUT2D eigenvalue weighted by Crippen LogP contribution is 2.25. The van der Waals surface area contributed by atoms with Crippen LogP contribution in [0.3, 0.4) is 0 Å². The molecule has 0 aliphatic rings. The van der Waals surface area contributed by atoms with Crippen molar-refractivity contribution in [3.8, 4) is 0 Å². The van der Waals surface area contributed by atoms with Crippen molar-refractivity contribution in [2.24, 2.45) is 0 Å². The molecule has 3 heteroatoms. The highest BCUT2D eigenvalue weighted by molar-refractivity contribution is 7.18. The lowest BCUT2D eigenvalue weighted by atomic mass is 10.2. The Kier molecular flexibility index (Phi) is 5.90. The second-order valence-corrected chi connectivity index (χ2v) is 5.59. The zero-order chi connectivity index (χ0) is 15.1. The third-order valence-corrected chi connectivity index (χ3v) is 4.17. The summed E-state index contributed by atoms with van der Waals surface area (Å²) in [5.74, 6) is 0. The van der Waals surface area contributed by atoms with Gasteiger partial charge in [0.15, 0.2) is 0 Å². The van der Waals surface area contributed by atoms with Gasteiger partial charge < -0.3 is 4.74 Å². The third kappa shape index (κ3) is 4.13. The second-order valence-electron chi connectivity index (χ2n) is 4.51. The number of thiazole rings is 1. The molecule has 0 spiro atoms. The summed E-state index contributed by atoms with van der Waals surface area (Å²) in [4.78, 5) is 4.60. The summed E-state index contributed by atoms with van der Waals surface area (Å²) in [5, 5.41) is 1.04. The van der Waals surface area contributed by atoms with Gasteiger partial charge in [-0.2, -0.15) is 0 Å². The molecule has 0 aliphatic carbocycles. The summed E-state index contributed by atoms with van der Waals surface area (Å²) in [5.41, 5.74) is 3.55. The summed E-state index contributed by atoms with van der Waals surface area (Å²) in [6.45, 7) is 7.33. The first-order chi connectivity index (χ1) is 10.3. The largest absolute Gasteiger partial charge is 0.370 e. The molecule has 110 valence electrons. The van der Waals surface area contributed by atoms with Crippen molar-refractivity contribution in [1.29, 1.82) is 0 Å². The Morgan fingerprint density at radius 3 is 2.43 bits per heavy atom. The predicted octanol–water partition coefficient (Wildman–Crippen LogP) is 5.35. The van der Waals surface area contributed by atoms with Gasteiger partial charge in [-0.1, -0.05) is 56.3 Å². The van der Waals surface area contributed by atoms with Crippen molar-refractivity contribution < 1.29 is 4.74 Å². The Hall–Kier alpha value is -1.71. The van der Waals surface area contributed by atoms with Gasteiger partial charge in [0.2, 0.25) is 0 Å². The highest BCUT2D eigenvalue weighted by Gasteiger charge is 2.05. The van der Waals surface area contributed by atoms with E-state index in [0.29, 0.717) is 13.2 Å². The van der Waals surface area contributed by atoms with E-state index in [9.17, 15) is 0 Å². The van der Waals surface area contributed by atoms with Crippen molar-refractivity contribution >= 4 is 21.6 Å². The van der Waals surface area contributed by atoms with Gasteiger partial charge in [-0.3, -0.25) is 0 Å². The SMILES string of the molecule is CC.Cc1cccc2nc(COCc3ccccc3)sc12. The van der Waals surface area contributed by atoms with Gasteiger partial charge in [0, 0.05) is 0 Å². The first-order valence-corrected chi connectivity index (χ1v) is 8.11. The number of aryl methyl sites for hydroxylation is 1. The number of fused-ring (bicyclic) bond motifs is 1. The number of ether oxygens (including phenoxy) is 1. The molecule has 0 bridgehead atoms. The van der Waals surface area contributed by atoms with E-state index in [-0.39, 0.29) is 0 Å². The number of nitrogens with zero attached hydrogens (tertiary/aromatic N) is 1. The molecule has 0 saturated carbocycles. The van der Waals surface area contributed by atoms with Crippen LogP contribution in [0.15, 0.2) is 48.5 Å². The fourth-order valence-electron chi connectivity index (χ4n) is 2.02. The maximum atomic E-state index is 5.72. The van der Waals surface area contributed by atoms with Crippen LogP contribution in [0, 0.1) is 6.92 Å². The molecule has 2 nitrogen and oxygen atoms in total. The van der Waals surface area contributed by atoms with Gasteiger partial charge in [-0.15, -0.1) is 11.3 Å². The van der Waals surface area contributed by atoms with Crippen LogP contribution in [-0.4, -0.2) is 4.98 Å². The smallest absolute Gasteiger partial charge is 0.120 e. The Labute approximate surface area is 130 Å². The first-order valence-electron chi connectivity index (χ1n) is 7.29. The fourth-order valence-corrected chi connectivity index (χ4v) is 2.99. The van der Waals surface area contributed by atoms with E-state index in [1.54, 1.807) is 11.3 Å². The molecule has 0 aliphatic heterocycles. The lowest BCUT2D eigenvalue weighted by Crippen LogP contribution is -1.93. The molecule has 3 rings (SSSR count). The van der Waals surface area contributed by atoms with Crippen LogP contribution in [-0.2, 0) is 18.0 Å². The molecule has 0 unspecified atom stereocenters. The molecule has 0 fully saturated rings. The lowest BCUT2D eigenvalue weighted by molar-refractivity contribution is 0.107. The highest BCUT2D eigenvalue weighted by atomic mass is 32.1. The van der Waals surface area contributed by atoms with E-state index in [1.165, 1.54) is 15.8 Å². The summed E-state index contributed by atoms with van der Waals surface area (Å²) < 4.78 is 6.99. The van der Waals surface area contributed by atoms with Crippen LogP contribution in [0.4, 0.5) is 0 Å². The van der Waals surface area contributed by atoms with Gasteiger partial charge in [0.1, 0.15) is 5.01 Å². The van der Waals surface area contributed by atoms with Crippen LogP contribution >= 0.6 is 11.3 Å². The number of rotatable bonds is 4. The van der Waals surface area contributed by atoms with Crippen molar-refractivity contribution in [3.63, 3.8) is 0 Å². The quantitative estimate of drug-likeness (QED) is 0.648. The van der Waals surface area contributed by atoms with Crippen molar-refractivity contribution in [3.05, 3.63) is 64.7 Å². The maximum Gasteiger partial charge on any atom is 0.120 e. The average molecular weight is 299 g/mol.